The number of amides is 1. The van der Waals surface area contributed by atoms with Crippen LogP contribution in [-0.4, -0.2) is 12.2 Å². The van der Waals surface area contributed by atoms with Gasteiger partial charge in [-0.2, -0.15) is 13.2 Å². The molecule has 0 spiro atoms. The number of hydrogen-bond acceptors (Lipinski definition) is 2. The molecule has 0 radical (unpaired) electrons. The Labute approximate surface area is 86.9 Å². The van der Waals surface area contributed by atoms with Gasteiger partial charge in [-0.15, -0.1) is 0 Å². The highest BCUT2D eigenvalue weighted by Crippen LogP contribution is 2.34. The molecule has 7 heteroatoms. The van der Waals surface area contributed by atoms with Crippen molar-refractivity contribution in [3.63, 3.8) is 0 Å². The minimum Gasteiger partial charge on any atom is -0.366 e. The molecule has 1 aromatic rings. The third kappa shape index (κ3) is 2.02. The summed E-state index contributed by atoms with van der Waals surface area (Å²) in [5, 5.41) is 0. The van der Waals surface area contributed by atoms with Crippen LogP contribution in [0.2, 0.25) is 0 Å². The molecule has 86 valence electrons. The zero-order valence-electron chi connectivity index (χ0n) is 7.64. The number of alkyl halides is 3. The summed E-state index contributed by atoms with van der Waals surface area (Å²) >= 11 is 0. The van der Waals surface area contributed by atoms with Gasteiger partial charge in [-0.05, 0) is 6.07 Å². The third-order valence-electron chi connectivity index (χ3n) is 1.85. The molecule has 0 aliphatic heterocycles. The normalized spacial score (nSPS) is 11.2. The molecule has 3 nitrogen and oxygen atoms in total. The van der Waals surface area contributed by atoms with E-state index < -0.39 is 34.6 Å². The monoisotopic (exact) mass is 235 g/mol. The highest BCUT2D eigenvalue weighted by Gasteiger charge is 2.38. The van der Waals surface area contributed by atoms with Crippen molar-refractivity contribution in [3.8, 4) is 0 Å². The van der Waals surface area contributed by atoms with Crippen molar-refractivity contribution in [2.75, 3.05) is 0 Å². The Morgan fingerprint density at radius 1 is 1.31 bits per heavy atom. The first-order chi connectivity index (χ1) is 7.29. The van der Waals surface area contributed by atoms with E-state index in [-0.39, 0.29) is 6.29 Å². The number of primary amides is 1. The fourth-order valence-electron chi connectivity index (χ4n) is 1.17. The van der Waals surface area contributed by atoms with E-state index in [0.29, 0.717) is 6.07 Å². The molecule has 16 heavy (non-hydrogen) atoms. The fourth-order valence-corrected chi connectivity index (χ4v) is 1.17. The van der Waals surface area contributed by atoms with Crippen molar-refractivity contribution in [3.05, 3.63) is 34.6 Å². The molecule has 0 bridgehead atoms. The molecule has 0 heterocycles. The summed E-state index contributed by atoms with van der Waals surface area (Å²) in [7, 11) is 0. The van der Waals surface area contributed by atoms with E-state index >= 15 is 0 Å². The van der Waals surface area contributed by atoms with Crippen LogP contribution in [0.3, 0.4) is 0 Å². The van der Waals surface area contributed by atoms with E-state index in [9.17, 15) is 27.2 Å². The molecule has 1 aromatic carbocycles. The molecule has 0 atom stereocenters. The first-order valence-corrected chi connectivity index (χ1v) is 3.93. The summed E-state index contributed by atoms with van der Waals surface area (Å²) in [6.45, 7) is 0. The van der Waals surface area contributed by atoms with Crippen LogP contribution in [0.5, 0.6) is 0 Å². The first kappa shape index (κ1) is 12.2. The van der Waals surface area contributed by atoms with Crippen molar-refractivity contribution >= 4 is 12.2 Å². The number of aldehydes is 1. The largest absolute Gasteiger partial charge is 0.419 e. The van der Waals surface area contributed by atoms with Gasteiger partial charge in [-0.3, -0.25) is 9.59 Å². The molecule has 0 aliphatic rings. The summed E-state index contributed by atoms with van der Waals surface area (Å²) in [6, 6.07) is 1.43. The van der Waals surface area contributed by atoms with Crippen LogP contribution in [0.4, 0.5) is 17.6 Å². The third-order valence-corrected chi connectivity index (χ3v) is 1.85. The van der Waals surface area contributed by atoms with Gasteiger partial charge in [0.1, 0.15) is 11.4 Å². The number of rotatable bonds is 2. The minimum absolute atomic E-state index is 0.142. The summed E-state index contributed by atoms with van der Waals surface area (Å²) < 4.78 is 50.5. The van der Waals surface area contributed by atoms with E-state index in [0.717, 1.165) is 6.07 Å². The molecule has 0 fully saturated rings. The van der Waals surface area contributed by atoms with Gasteiger partial charge in [0, 0.05) is 5.56 Å². The predicted molar refractivity (Wildman–Crippen MR) is 45.3 cm³/mol. The van der Waals surface area contributed by atoms with Gasteiger partial charge < -0.3 is 5.73 Å². The molecule has 1 rings (SSSR count). The Hall–Kier alpha value is -1.92. The van der Waals surface area contributed by atoms with Crippen LogP contribution >= 0.6 is 0 Å². The van der Waals surface area contributed by atoms with Gasteiger partial charge >= 0.3 is 6.18 Å². The second-order valence-electron chi connectivity index (χ2n) is 2.87. The molecule has 0 aromatic heterocycles. The topological polar surface area (TPSA) is 60.2 Å². The van der Waals surface area contributed by atoms with Crippen molar-refractivity contribution in [1.82, 2.24) is 0 Å². The average molecular weight is 235 g/mol. The quantitative estimate of drug-likeness (QED) is 0.627. The Bertz CT molecular complexity index is 454. The number of halogens is 4. The Morgan fingerprint density at radius 3 is 2.25 bits per heavy atom. The maximum absolute atomic E-state index is 13.3. The zero-order valence-corrected chi connectivity index (χ0v) is 7.64. The lowest BCUT2D eigenvalue weighted by Crippen LogP contribution is -2.19. The van der Waals surface area contributed by atoms with Gasteiger partial charge in [0.2, 0.25) is 0 Å². The molecular weight excluding hydrogens is 230 g/mol. The zero-order chi connectivity index (χ0) is 12.5. The van der Waals surface area contributed by atoms with Gasteiger partial charge in [0.25, 0.3) is 5.91 Å². The minimum atomic E-state index is -5.06. The summed E-state index contributed by atoms with van der Waals surface area (Å²) in [5.41, 5.74) is 1.12. The Balaban J connectivity index is 3.59. The van der Waals surface area contributed by atoms with Gasteiger partial charge in [0.05, 0.1) is 5.56 Å². The lowest BCUT2D eigenvalue weighted by atomic mass is 10.0. The molecule has 1 amide bonds. The number of carbonyl (C=O) groups excluding carboxylic acids is 2. The Morgan fingerprint density at radius 2 is 1.88 bits per heavy atom. The van der Waals surface area contributed by atoms with Crippen molar-refractivity contribution < 1.29 is 27.2 Å². The lowest BCUT2D eigenvalue weighted by molar-refractivity contribution is -0.140. The summed E-state index contributed by atoms with van der Waals surface area (Å²) in [4.78, 5) is 21.0. The van der Waals surface area contributed by atoms with E-state index in [1.165, 1.54) is 0 Å². The average Bonchev–Trinajstić information content (AvgIpc) is 2.14. The highest BCUT2D eigenvalue weighted by atomic mass is 19.4. The highest BCUT2D eigenvalue weighted by molar-refractivity contribution is 5.94. The second kappa shape index (κ2) is 3.92. The van der Waals surface area contributed by atoms with E-state index in [4.69, 9.17) is 0 Å². The number of benzene rings is 1. The standard InChI is InChI=1S/C9H5F4NO2/c10-7-5(8(14)16)2-1-4(3-15)6(7)9(11,12)13/h1-3H,(H2,14,16). The van der Waals surface area contributed by atoms with Gasteiger partial charge in [-0.25, -0.2) is 4.39 Å². The van der Waals surface area contributed by atoms with Gasteiger partial charge in [0.15, 0.2) is 6.29 Å². The predicted octanol–water partition coefficient (Wildman–Crippen LogP) is 1.76. The molecule has 0 aliphatic carbocycles. The molecule has 0 saturated carbocycles. The van der Waals surface area contributed by atoms with E-state index in [2.05, 4.69) is 5.73 Å². The second-order valence-corrected chi connectivity index (χ2v) is 2.87. The molecule has 0 unspecified atom stereocenters. The fraction of sp³-hybridized carbons (Fsp3) is 0.111. The number of nitrogens with two attached hydrogens (primary N) is 1. The van der Waals surface area contributed by atoms with E-state index in [1.54, 1.807) is 0 Å². The molecule has 2 N–H and O–H groups in total. The van der Waals surface area contributed by atoms with Crippen LogP contribution in [0.15, 0.2) is 12.1 Å². The Kier molecular flexibility index (Phi) is 2.97. The number of carbonyl (C=O) groups is 2. The maximum atomic E-state index is 13.3. The van der Waals surface area contributed by atoms with Crippen LogP contribution in [0, 0.1) is 5.82 Å². The van der Waals surface area contributed by atoms with Crippen LogP contribution in [0.1, 0.15) is 26.3 Å². The SMILES string of the molecule is NC(=O)c1ccc(C=O)c(C(F)(F)F)c1F. The first-order valence-electron chi connectivity index (χ1n) is 3.93. The van der Waals surface area contributed by atoms with Crippen LogP contribution in [-0.2, 0) is 6.18 Å². The smallest absolute Gasteiger partial charge is 0.366 e. The van der Waals surface area contributed by atoms with Crippen LogP contribution < -0.4 is 5.73 Å². The number of hydrogen-bond donors (Lipinski definition) is 1. The van der Waals surface area contributed by atoms with Gasteiger partial charge in [-0.1, -0.05) is 6.07 Å². The van der Waals surface area contributed by atoms with Crippen molar-refractivity contribution in [1.29, 1.82) is 0 Å². The summed E-state index contributed by atoms with van der Waals surface area (Å²) in [5.74, 6) is -3.16. The van der Waals surface area contributed by atoms with Crippen LogP contribution in [0.25, 0.3) is 0 Å². The van der Waals surface area contributed by atoms with Crippen molar-refractivity contribution in [2.45, 2.75) is 6.18 Å². The van der Waals surface area contributed by atoms with Crippen molar-refractivity contribution in [2.24, 2.45) is 5.73 Å². The van der Waals surface area contributed by atoms with E-state index in [1.807, 2.05) is 0 Å². The molecular formula is C9H5F4NO2. The molecule has 0 saturated heterocycles. The summed E-state index contributed by atoms with van der Waals surface area (Å²) in [6.07, 6.45) is -5.21. The lowest BCUT2D eigenvalue weighted by Gasteiger charge is -2.11. The maximum Gasteiger partial charge on any atom is 0.419 e.